The van der Waals surface area contributed by atoms with E-state index in [1.807, 2.05) is 11.8 Å². The topological polar surface area (TPSA) is 79.5 Å². The Balaban J connectivity index is 2.82. The van der Waals surface area contributed by atoms with E-state index in [4.69, 9.17) is 5.73 Å². The van der Waals surface area contributed by atoms with Crippen LogP contribution in [0.5, 0.6) is 0 Å². The van der Waals surface area contributed by atoms with Gasteiger partial charge in [-0.1, -0.05) is 13.8 Å². The number of nitrogen functional groups attached to an aromatic ring is 1. The minimum Gasteiger partial charge on any atom is -0.382 e. The van der Waals surface area contributed by atoms with E-state index >= 15 is 0 Å². The quantitative estimate of drug-likeness (QED) is 0.740. The van der Waals surface area contributed by atoms with Crippen LogP contribution in [0, 0.1) is 0 Å². The van der Waals surface area contributed by atoms with Gasteiger partial charge in [0.1, 0.15) is 9.90 Å². The van der Waals surface area contributed by atoms with Gasteiger partial charge in [0, 0.05) is 19.3 Å². The highest BCUT2D eigenvalue weighted by atomic mass is 32.2. The van der Waals surface area contributed by atoms with E-state index < -0.39 is 9.84 Å². The number of nitrogens with zero attached hydrogens (tertiary/aromatic N) is 3. The molecule has 1 rings (SSSR count). The van der Waals surface area contributed by atoms with Crippen LogP contribution < -0.4 is 10.6 Å². The second kappa shape index (κ2) is 7.95. The van der Waals surface area contributed by atoms with Gasteiger partial charge in [-0.25, -0.2) is 8.42 Å². The fourth-order valence-electron chi connectivity index (χ4n) is 2.26. The number of sulfone groups is 1. The summed E-state index contributed by atoms with van der Waals surface area (Å²) in [4.78, 5) is 4.58. The van der Waals surface area contributed by atoms with Gasteiger partial charge >= 0.3 is 0 Å². The van der Waals surface area contributed by atoms with Crippen molar-refractivity contribution in [1.82, 2.24) is 9.27 Å². The molecular weight excluding hydrogens is 308 g/mol. The Morgan fingerprint density at radius 3 is 2.24 bits per heavy atom. The third-order valence-electron chi connectivity index (χ3n) is 3.49. The SMILES string of the molecule is CCN(CC)CCCN(CC)c1snc(N)c1S(C)(=O)=O. The van der Waals surface area contributed by atoms with Crippen molar-refractivity contribution in [2.75, 3.05) is 49.6 Å². The molecular formula is C13H26N4O2S2. The molecule has 0 aliphatic rings. The van der Waals surface area contributed by atoms with Crippen molar-refractivity contribution < 1.29 is 8.42 Å². The predicted octanol–water partition coefficient (Wildman–Crippen LogP) is 1.69. The molecule has 2 N–H and O–H groups in total. The normalized spacial score (nSPS) is 12.0. The first kappa shape index (κ1) is 18.2. The number of aromatic nitrogens is 1. The summed E-state index contributed by atoms with van der Waals surface area (Å²) in [5.74, 6) is 0.111. The number of hydrogen-bond acceptors (Lipinski definition) is 7. The van der Waals surface area contributed by atoms with E-state index in [0.717, 1.165) is 50.7 Å². The summed E-state index contributed by atoms with van der Waals surface area (Å²) in [6.07, 6.45) is 2.16. The second-order valence-corrected chi connectivity index (χ2v) is 7.64. The molecule has 1 aromatic heterocycles. The lowest BCUT2D eigenvalue weighted by Crippen LogP contribution is -2.30. The molecule has 0 atom stereocenters. The van der Waals surface area contributed by atoms with Gasteiger partial charge in [0.25, 0.3) is 0 Å². The molecule has 0 saturated carbocycles. The molecule has 0 spiro atoms. The molecule has 0 fully saturated rings. The van der Waals surface area contributed by atoms with Crippen molar-refractivity contribution in [2.45, 2.75) is 32.1 Å². The van der Waals surface area contributed by atoms with Crippen LogP contribution in [0.1, 0.15) is 27.2 Å². The Morgan fingerprint density at radius 2 is 1.76 bits per heavy atom. The third-order valence-corrected chi connectivity index (χ3v) is 5.69. The Labute approximate surface area is 132 Å². The molecule has 0 saturated heterocycles. The second-order valence-electron chi connectivity index (χ2n) is 4.93. The van der Waals surface area contributed by atoms with Crippen molar-refractivity contribution in [2.24, 2.45) is 0 Å². The maximum absolute atomic E-state index is 11.9. The average molecular weight is 335 g/mol. The first-order chi connectivity index (χ1) is 9.85. The van der Waals surface area contributed by atoms with E-state index in [1.54, 1.807) is 0 Å². The zero-order valence-electron chi connectivity index (χ0n) is 13.3. The summed E-state index contributed by atoms with van der Waals surface area (Å²) >= 11 is 1.16. The van der Waals surface area contributed by atoms with E-state index in [9.17, 15) is 8.42 Å². The molecule has 0 aliphatic heterocycles. The Hall–Kier alpha value is -0.860. The third kappa shape index (κ3) is 4.82. The van der Waals surface area contributed by atoms with Crippen LogP contribution in [-0.4, -0.2) is 56.7 Å². The number of nitrogens with two attached hydrogens (primary N) is 1. The minimum absolute atomic E-state index is 0.111. The molecule has 0 amide bonds. The van der Waals surface area contributed by atoms with Crippen LogP contribution in [0.3, 0.4) is 0 Å². The van der Waals surface area contributed by atoms with Crippen molar-refractivity contribution in [3.05, 3.63) is 0 Å². The number of rotatable bonds is 9. The van der Waals surface area contributed by atoms with Gasteiger partial charge in [-0.15, -0.1) is 0 Å². The molecule has 0 radical (unpaired) electrons. The smallest absolute Gasteiger partial charge is 0.182 e. The Kier molecular flexibility index (Phi) is 6.89. The molecule has 0 aliphatic carbocycles. The lowest BCUT2D eigenvalue weighted by molar-refractivity contribution is 0.301. The van der Waals surface area contributed by atoms with Crippen molar-refractivity contribution >= 4 is 32.2 Å². The molecule has 1 aromatic rings. The molecule has 1 heterocycles. The van der Waals surface area contributed by atoms with Crippen LogP contribution in [0.15, 0.2) is 4.90 Å². The van der Waals surface area contributed by atoms with Crippen molar-refractivity contribution in [3.8, 4) is 0 Å². The average Bonchev–Trinajstić information content (AvgIpc) is 2.81. The minimum atomic E-state index is -3.36. The molecule has 122 valence electrons. The fourth-order valence-corrected chi connectivity index (χ4v) is 4.56. The maximum Gasteiger partial charge on any atom is 0.182 e. The molecule has 0 bridgehead atoms. The highest BCUT2D eigenvalue weighted by molar-refractivity contribution is 7.91. The van der Waals surface area contributed by atoms with Crippen molar-refractivity contribution in [1.29, 1.82) is 0 Å². The lowest BCUT2D eigenvalue weighted by Gasteiger charge is -2.24. The summed E-state index contributed by atoms with van der Waals surface area (Å²) in [6.45, 7) is 10.9. The van der Waals surface area contributed by atoms with E-state index in [0.29, 0.717) is 5.00 Å². The van der Waals surface area contributed by atoms with Gasteiger partial charge in [0.15, 0.2) is 15.7 Å². The molecule has 0 unspecified atom stereocenters. The van der Waals surface area contributed by atoms with Gasteiger partial charge in [0.05, 0.1) is 0 Å². The summed E-state index contributed by atoms with van der Waals surface area (Å²) in [7, 11) is -3.36. The molecule has 0 aromatic carbocycles. The molecule has 21 heavy (non-hydrogen) atoms. The summed E-state index contributed by atoms with van der Waals surface area (Å²) in [5.41, 5.74) is 5.73. The Morgan fingerprint density at radius 1 is 1.14 bits per heavy atom. The summed E-state index contributed by atoms with van der Waals surface area (Å²) < 4.78 is 27.8. The predicted molar refractivity (Wildman–Crippen MR) is 89.9 cm³/mol. The van der Waals surface area contributed by atoms with Crippen molar-refractivity contribution in [3.63, 3.8) is 0 Å². The van der Waals surface area contributed by atoms with Gasteiger partial charge in [-0.05, 0) is 44.5 Å². The largest absolute Gasteiger partial charge is 0.382 e. The van der Waals surface area contributed by atoms with Crippen LogP contribution in [0.2, 0.25) is 0 Å². The van der Waals surface area contributed by atoms with E-state index in [1.165, 1.54) is 6.26 Å². The first-order valence-electron chi connectivity index (χ1n) is 7.27. The van der Waals surface area contributed by atoms with Gasteiger partial charge in [0.2, 0.25) is 0 Å². The molecule has 8 heteroatoms. The number of hydrogen-bond donors (Lipinski definition) is 1. The van der Waals surface area contributed by atoms with E-state index in [2.05, 4.69) is 23.1 Å². The summed E-state index contributed by atoms with van der Waals surface area (Å²) in [6, 6.07) is 0. The standard InChI is InChI=1S/C13H26N4O2S2/c1-5-16(6-2)9-8-10-17(7-3)13-11(21(4,18)19)12(14)15-20-13/h5-10H2,1-4H3,(H2,14,15). The fraction of sp³-hybridized carbons (Fsp3) is 0.769. The highest BCUT2D eigenvalue weighted by Gasteiger charge is 2.24. The lowest BCUT2D eigenvalue weighted by atomic mass is 10.3. The maximum atomic E-state index is 11.9. The van der Waals surface area contributed by atoms with Crippen LogP contribution >= 0.6 is 11.5 Å². The first-order valence-corrected chi connectivity index (χ1v) is 9.94. The van der Waals surface area contributed by atoms with Gasteiger partial charge in [-0.2, -0.15) is 4.37 Å². The Bertz CT molecular complexity index is 538. The summed E-state index contributed by atoms with van der Waals surface area (Å²) in [5, 5.41) is 0.664. The van der Waals surface area contributed by atoms with Gasteiger partial charge in [-0.3, -0.25) is 0 Å². The van der Waals surface area contributed by atoms with Crippen LogP contribution in [-0.2, 0) is 9.84 Å². The van der Waals surface area contributed by atoms with Crippen LogP contribution in [0.25, 0.3) is 0 Å². The van der Waals surface area contributed by atoms with Gasteiger partial charge < -0.3 is 15.5 Å². The monoisotopic (exact) mass is 334 g/mol. The zero-order valence-corrected chi connectivity index (χ0v) is 14.9. The van der Waals surface area contributed by atoms with E-state index in [-0.39, 0.29) is 10.7 Å². The van der Waals surface area contributed by atoms with Crippen LogP contribution in [0.4, 0.5) is 10.8 Å². The number of anilines is 2. The highest BCUT2D eigenvalue weighted by Crippen LogP contribution is 2.34. The zero-order chi connectivity index (χ0) is 16.0. The molecule has 6 nitrogen and oxygen atoms in total.